The Kier molecular flexibility index (Phi) is 2.86. The number of carbonyl (C=O) groups is 1. The lowest BCUT2D eigenvalue weighted by molar-refractivity contribution is -0.122. The molecular weight excluding hydrogens is 202 g/mol. The molecule has 0 aromatic heterocycles. The number of para-hydroxylation sites is 1. The van der Waals surface area contributed by atoms with E-state index in [2.05, 4.69) is 19.2 Å². The maximum atomic E-state index is 11.6. The number of benzene rings is 1. The SMILES string of the molecule is CCC(C)c1cccc2c1NC(=O)C(C)O2. The number of nitrogens with one attached hydrogen (secondary N) is 1. The first-order chi connectivity index (χ1) is 7.63. The van der Waals surface area contributed by atoms with Gasteiger partial charge in [0.25, 0.3) is 5.91 Å². The highest BCUT2D eigenvalue weighted by atomic mass is 16.5. The van der Waals surface area contributed by atoms with E-state index < -0.39 is 6.10 Å². The fourth-order valence-corrected chi connectivity index (χ4v) is 1.88. The Bertz CT molecular complexity index is 414. The Morgan fingerprint density at radius 3 is 2.94 bits per heavy atom. The average molecular weight is 219 g/mol. The minimum Gasteiger partial charge on any atom is -0.479 e. The zero-order valence-corrected chi connectivity index (χ0v) is 9.91. The van der Waals surface area contributed by atoms with Crippen LogP contribution in [0.25, 0.3) is 0 Å². The van der Waals surface area contributed by atoms with Gasteiger partial charge in [-0.15, -0.1) is 0 Å². The number of rotatable bonds is 2. The summed E-state index contributed by atoms with van der Waals surface area (Å²) in [6.45, 7) is 6.05. The van der Waals surface area contributed by atoms with Crippen LogP contribution >= 0.6 is 0 Å². The van der Waals surface area contributed by atoms with Gasteiger partial charge in [0.15, 0.2) is 6.10 Å². The largest absolute Gasteiger partial charge is 0.479 e. The number of anilines is 1. The van der Waals surface area contributed by atoms with Crippen LogP contribution in [0.4, 0.5) is 5.69 Å². The van der Waals surface area contributed by atoms with Crippen molar-refractivity contribution >= 4 is 11.6 Å². The molecule has 3 heteroatoms. The zero-order valence-electron chi connectivity index (χ0n) is 9.91. The highest BCUT2D eigenvalue weighted by molar-refractivity contribution is 5.98. The van der Waals surface area contributed by atoms with E-state index in [0.717, 1.165) is 23.4 Å². The van der Waals surface area contributed by atoms with Crippen molar-refractivity contribution in [2.45, 2.75) is 39.2 Å². The predicted molar refractivity (Wildman–Crippen MR) is 63.9 cm³/mol. The first-order valence-corrected chi connectivity index (χ1v) is 5.74. The topological polar surface area (TPSA) is 38.3 Å². The summed E-state index contributed by atoms with van der Waals surface area (Å²) in [5, 5.41) is 2.93. The number of carbonyl (C=O) groups excluding carboxylic acids is 1. The fourth-order valence-electron chi connectivity index (χ4n) is 1.88. The molecule has 1 aromatic rings. The minimum atomic E-state index is -0.403. The Morgan fingerprint density at radius 2 is 2.25 bits per heavy atom. The van der Waals surface area contributed by atoms with Gasteiger partial charge < -0.3 is 10.1 Å². The molecule has 0 spiro atoms. The lowest BCUT2D eigenvalue weighted by Gasteiger charge is -2.26. The van der Waals surface area contributed by atoms with E-state index in [-0.39, 0.29) is 5.91 Å². The molecule has 2 unspecified atom stereocenters. The molecule has 1 heterocycles. The highest BCUT2D eigenvalue weighted by Crippen LogP contribution is 2.37. The van der Waals surface area contributed by atoms with E-state index in [0.29, 0.717) is 5.92 Å². The Hall–Kier alpha value is -1.51. The first-order valence-electron chi connectivity index (χ1n) is 5.74. The molecule has 1 N–H and O–H groups in total. The second-order valence-corrected chi connectivity index (χ2v) is 4.28. The molecule has 86 valence electrons. The van der Waals surface area contributed by atoms with Crippen molar-refractivity contribution in [1.29, 1.82) is 0 Å². The van der Waals surface area contributed by atoms with Gasteiger partial charge in [0.2, 0.25) is 0 Å². The van der Waals surface area contributed by atoms with Crippen LogP contribution in [0, 0.1) is 0 Å². The molecule has 0 saturated heterocycles. The van der Waals surface area contributed by atoms with Gasteiger partial charge in [-0.2, -0.15) is 0 Å². The number of hydrogen-bond acceptors (Lipinski definition) is 2. The Balaban J connectivity index is 2.44. The predicted octanol–water partition coefficient (Wildman–Crippen LogP) is 2.92. The Labute approximate surface area is 95.8 Å². The summed E-state index contributed by atoms with van der Waals surface area (Å²) < 4.78 is 5.57. The maximum absolute atomic E-state index is 11.6. The van der Waals surface area contributed by atoms with E-state index in [1.165, 1.54) is 0 Å². The molecule has 2 atom stereocenters. The normalized spacial score (nSPS) is 20.7. The van der Waals surface area contributed by atoms with E-state index >= 15 is 0 Å². The third kappa shape index (κ3) is 1.77. The number of hydrogen-bond donors (Lipinski definition) is 1. The molecule has 1 aliphatic rings. The summed E-state index contributed by atoms with van der Waals surface area (Å²) >= 11 is 0. The van der Waals surface area contributed by atoms with Gasteiger partial charge in [-0.1, -0.05) is 26.0 Å². The van der Waals surface area contributed by atoms with Crippen LogP contribution in [-0.2, 0) is 4.79 Å². The molecular formula is C13H17NO2. The lowest BCUT2D eigenvalue weighted by atomic mass is 9.95. The summed E-state index contributed by atoms with van der Waals surface area (Å²) in [6, 6.07) is 5.92. The minimum absolute atomic E-state index is 0.0664. The van der Waals surface area contributed by atoms with Gasteiger partial charge in [0.05, 0.1) is 5.69 Å². The van der Waals surface area contributed by atoms with Gasteiger partial charge in [-0.3, -0.25) is 4.79 Å². The quantitative estimate of drug-likeness (QED) is 0.830. The van der Waals surface area contributed by atoms with Crippen molar-refractivity contribution in [3.05, 3.63) is 23.8 Å². The smallest absolute Gasteiger partial charge is 0.265 e. The lowest BCUT2D eigenvalue weighted by Crippen LogP contribution is -2.35. The number of fused-ring (bicyclic) bond motifs is 1. The summed E-state index contributed by atoms with van der Waals surface area (Å²) in [4.78, 5) is 11.6. The molecule has 0 aliphatic carbocycles. The molecule has 0 saturated carbocycles. The molecule has 2 rings (SSSR count). The van der Waals surface area contributed by atoms with Crippen LogP contribution in [0.5, 0.6) is 5.75 Å². The van der Waals surface area contributed by atoms with E-state index in [4.69, 9.17) is 4.74 Å². The van der Waals surface area contributed by atoms with Crippen molar-refractivity contribution in [3.63, 3.8) is 0 Å². The number of ether oxygens (including phenoxy) is 1. The molecule has 1 aromatic carbocycles. The molecule has 1 amide bonds. The molecule has 0 radical (unpaired) electrons. The van der Waals surface area contributed by atoms with Gasteiger partial charge >= 0.3 is 0 Å². The first kappa shape index (κ1) is 11.0. The second kappa shape index (κ2) is 4.16. The van der Waals surface area contributed by atoms with Crippen molar-refractivity contribution in [1.82, 2.24) is 0 Å². The van der Waals surface area contributed by atoms with Crippen LogP contribution in [0.15, 0.2) is 18.2 Å². The monoisotopic (exact) mass is 219 g/mol. The molecule has 3 nitrogen and oxygen atoms in total. The van der Waals surface area contributed by atoms with Crippen LogP contribution in [0.2, 0.25) is 0 Å². The van der Waals surface area contributed by atoms with Crippen molar-refractivity contribution in [3.8, 4) is 5.75 Å². The van der Waals surface area contributed by atoms with Crippen molar-refractivity contribution < 1.29 is 9.53 Å². The molecule has 0 fully saturated rings. The van der Waals surface area contributed by atoms with Crippen LogP contribution in [0.3, 0.4) is 0 Å². The fraction of sp³-hybridized carbons (Fsp3) is 0.462. The van der Waals surface area contributed by atoms with E-state index in [9.17, 15) is 4.79 Å². The van der Waals surface area contributed by atoms with Gasteiger partial charge in [0, 0.05) is 0 Å². The van der Waals surface area contributed by atoms with E-state index in [1.54, 1.807) is 6.92 Å². The third-order valence-corrected chi connectivity index (χ3v) is 3.12. The highest BCUT2D eigenvalue weighted by Gasteiger charge is 2.26. The van der Waals surface area contributed by atoms with Crippen LogP contribution < -0.4 is 10.1 Å². The number of amides is 1. The molecule has 16 heavy (non-hydrogen) atoms. The van der Waals surface area contributed by atoms with Crippen molar-refractivity contribution in [2.75, 3.05) is 5.32 Å². The standard InChI is InChI=1S/C13H17NO2/c1-4-8(2)10-6-5-7-11-12(10)14-13(15)9(3)16-11/h5-9H,4H2,1-3H3,(H,14,15). The van der Waals surface area contributed by atoms with Crippen LogP contribution in [0.1, 0.15) is 38.7 Å². The Morgan fingerprint density at radius 1 is 1.50 bits per heavy atom. The maximum Gasteiger partial charge on any atom is 0.265 e. The third-order valence-electron chi connectivity index (χ3n) is 3.12. The average Bonchev–Trinajstić information content (AvgIpc) is 2.29. The summed E-state index contributed by atoms with van der Waals surface area (Å²) in [5.41, 5.74) is 2.00. The van der Waals surface area contributed by atoms with Crippen LogP contribution in [-0.4, -0.2) is 12.0 Å². The van der Waals surface area contributed by atoms with E-state index in [1.807, 2.05) is 18.2 Å². The zero-order chi connectivity index (χ0) is 11.7. The summed E-state index contributed by atoms with van der Waals surface area (Å²) in [5.74, 6) is 1.14. The molecule has 0 bridgehead atoms. The second-order valence-electron chi connectivity index (χ2n) is 4.28. The summed E-state index contributed by atoms with van der Waals surface area (Å²) in [6.07, 6.45) is 0.640. The van der Waals surface area contributed by atoms with Gasteiger partial charge in [0.1, 0.15) is 5.75 Å². The van der Waals surface area contributed by atoms with Gasteiger partial charge in [-0.05, 0) is 30.9 Å². The summed E-state index contributed by atoms with van der Waals surface area (Å²) in [7, 11) is 0. The molecule has 1 aliphatic heterocycles. The van der Waals surface area contributed by atoms with Crippen molar-refractivity contribution in [2.24, 2.45) is 0 Å². The van der Waals surface area contributed by atoms with Gasteiger partial charge in [-0.25, -0.2) is 0 Å².